The Kier molecular flexibility index (Phi) is 5.85. The number of benzene rings is 2. The van der Waals surface area contributed by atoms with Gasteiger partial charge in [-0.2, -0.15) is 0 Å². The van der Waals surface area contributed by atoms with Crippen LogP contribution in [0.4, 0.5) is 11.4 Å². The number of hydrogen-bond donors (Lipinski definition) is 2. The molecule has 0 saturated carbocycles. The van der Waals surface area contributed by atoms with Crippen LogP contribution in [0.1, 0.15) is 36.7 Å². The standard InChI is InChI=1S/C18H21N3O5S/c1-18(2,3)19-17(22)15-9-4-5-10-16(15)20-27(25,26)12-13-7-6-8-14(11-13)21(23)24/h4-11,20H,12H2,1-3H3,(H,19,22). The average molecular weight is 391 g/mol. The zero-order chi connectivity index (χ0) is 20.2. The fourth-order valence-electron chi connectivity index (χ4n) is 2.36. The number of sulfonamides is 1. The van der Waals surface area contributed by atoms with Crippen molar-refractivity contribution in [2.45, 2.75) is 32.1 Å². The molecule has 27 heavy (non-hydrogen) atoms. The summed E-state index contributed by atoms with van der Waals surface area (Å²) in [6.45, 7) is 5.46. The highest BCUT2D eigenvalue weighted by molar-refractivity contribution is 7.91. The maximum atomic E-state index is 12.5. The van der Waals surface area contributed by atoms with Crippen molar-refractivity contribution < 1.29 is 18.1 Å². The first kappa shape index (κ1) is 20.4. The van der Waals surface area contributed by atoms with Gasteiger partial charge in [0, 0.05) is 17.7 Å². The van der Waals surface area contributed by atoms with Gasteiger partial charge < -0.3 is 5.32 Å². The van der Waals surface area contributed by atoms with E-state index in [-0.39, 0.29) is 22.5 Å². The molecule has 0 bridgehead atoms. The van der Waals surface area contributed by atoms with Crippen LogP contribution in [0, 0.1) is 10.1 Å². The molecule has 1 amide bonds. The van der Waals surface area contributed by atoms with E-state index in [0.717, 1.165) is 0 Å². The Morgan fingerprint density at radius 3 is 2.41 bits per heavy atom. The van der Waals surface area contributed by atoms with Crippen molar-refractivity contribution >= 4 is 27.3 Å². The minimum atomic E-state index is -3.88. The van der Waals surface area contributed by atoms with E-state index < -0.39 is 32.1 Å². The van der Waals surface area contributed by atoms with E-state index in [0.29, 0.717) is 0 Å². The summed E-state index contributed by atoms with van der Waals surface area (Å²) in [7, 11) is -3.88. The molecular formula is C18H21N3O5S. The largest absolute Gasteiger partial charge is 0.347 e. The molecule has 0 atom stereocenters. The van der Waals surface area contributed by atoms with Gasteiger partial charge in [-0.25, -0.2) is 8.42 Å². The Morgan fingerprint density at radius 2 is 1.78 bits per heavy atom. The third kappa shape index (κ3) is 6.07. The maximum absolute atomic E-state index is 12.5. The van der Waals surface area contributed by atoms with Crippen molar-refractivity contribution in [3.63, 3.8) is 0 Å². The van der Waals surface area contributed by atoms with Crippen LogP contribution in [0.2, 0.25) is 0 Å². The molecule has 0 aromatic heterocycles. The van der Waals surface area contributed by atoms with Crippen molar-refractivity contribution in [2.75, 3.05) is 4.72 Å². The highest BCUT2D eigenvalue weighted by Gasteiger charge is 2.21. The molecule has 8 nitrogen and oxygen atoms in total. The molecule has 0 heterocycles. The van der Waals surface area contributed by atoms with Crippen LogP contribution in [-0.4, -0.2) is 24.8 Å². The monoisotopic (exact) mass is 391 g/mol. The van der Waals surface area contributed by atoms with Crippen molar-refractivity contribution in [1.82, 2.24) is 5.32 Å². The number of anilines is 1. The summed E-state index contributed by atoms with van der Waals surface area (Å²) >= 11 is 0. The van der Waals surface area contributed by atoms with Gasteiger partial charge in [0.15, 0.2) is 0 Å². The number of carbonyl (C=O) groups is 1. The van der Waals surface area contributed by atoms with Gasteiger partial charge in [0.2, 0.25) is 10.0 Å². The maximum Gasteiger partial charge on any atom is 0.269 e. The average Bonchev–Trinajstić information content (AvgIpc) is 2.53. The molecule has 0 fully saturated rings. The Balaban J connectivity index is 2.24. The zero-order valence-corrected chi connectivity index (χ0v) is 16.0. The van der Waals surface area contributed by atoms with E-state index in [9.17, 15) is 23.3 Å². The van der Waals surface area contributed by atoms with Crippen molar-refractivity contribution in [3.8, 4) is 0 Å². The van der Waals surface area contributed by atoms with Crippen LogP contribution < -0.4 is 10.0 Å². The second-order valence-electron chi connectivity index (χ2n) is 7.04. The summed E-state index contributed by atoms with van der Waals surface area (Å²) in [5, 5.41) is 13.6. The number of nitro groups is 1. The summed E-state index contributed by atoms with van der Waals surface area (Å²) in [5.41, 5.74) is -0.0628. The number of non-ortho nitro benzene ring substituents is 1. The normalized spacial score (nSPS) is 11.7. The fourth-order valence-corrected chi connectivity index (χ4v) is 3.56. The van der Waals surface area contributed by atoms with E-state index in [2.05, 4.69) is 10.0 Å². The molecule has 2 N–H and O–H groups in total. The number of carbonyl (C=O) groups excluding carboxylic acids is 1. The van der Waals surface area contributed by atoms with Gasteiger partial charge in [0.1, 0.15) is 0 Å². The molecule has 0 radical (unpaired) electrons. The summed E-state index contributed by atoms with van der Waals surface area (Å²) < 4.78 is 27.4. The lowest BCUT2D eigenvalue weighted by Crippen LogP contribution is -2.40. The molecule has 9 heteroatoms. The highest BCUT2D eigenvalue weighted by atomic mass is 32.2. The van der Waals surface area contributed by atoms with E-state index in [4.69, 9.17) is 0 Å². The van der Waals surface area contributed by atoms with Crippen molar-refractivity contribution in [3.05, 3.63) is 69.8 Å². The van der Waals surface area contributed by atoms with Gasteiger partial charge in [-0.15, -0.1) is 0 Å². The predicted molar refractivity (Wildman–Crippen MR) is 103 cm³/mol. The number of amides is 1. The molecule has 0 aliphatic rings. The molecule has 0 saturated heterocycles. The van der Waals surface area contributed by atoms with Gasteiger partial charge in [0.25, 0.3) is 11.6 Å². The number of rotatable bonds is 6. The van der Waals surface area contributed by atoms with Gasteiger partial charge in [0.05, 0.1) is 21.9 Å². The van der Waals surface area contributed by atoms with E-state index in [1.807, 2.05) is 20.8 Å². The summed E-state index contributed by atoms with van der Waals surface area (Å²) in [6.07, 6.45) is 0. The van der Waals surface area contributed by atoms with Crippen LogP contribution in [-0.2, 0) is 15.8 Å². The molecule has 2 rings (SSSR count). The topological polar surface area (TPSA) is 118 Å². The lowest BCUT2D eigenvalue weighted by Gasteiger charge is -2.21. The molecule has 2 aromatic rings. The molecule has 2 aromatic carbocycles. The molecule has 0 spiro atoms. The molecule has 144 valence electrons. The second-order valence-corrected chi connectivity index (χ2v) is 8.76. The number of nitrogens with zero attached hydrogens (tertiary/aromatic N) is 1. The Hall–Kier alpha value is -2.94. The van der Waals surface area contributed by atoms with E-state index >= 15 is 0 Å². The highest BCUT2D eigenvalue weighted by Crippen LogP contribution is 2.20. The van der Waals surface area contributed by atoms with Gasteiger partial charge in [-0.05, 0) is 38.5 Å². The van der Waals surface area contributed by atoms with Gasteiger partial charge in [-0.3, -0.25) is 19.6 Å². The summed E-state index contributed by atoms with van der Waals surface area (Å²) in [4.78, 5) is 22.7. The number of nitro benzene ring substituents is 1. The fraction of sp³-hybridized carbons (Fsp3) is 0.278. The smallest absolute Gasteiger partial charge is 0.269 e. The molecule has 0 aliphatic carbocycles. The third-order valence-corrected chi connectivity index (χ3v) is 4.65. The number of para-hydroxylation sites is 1. The van der Waals surface area contributed by atoms with E-state index in [1.54, 1.807) is 12.1 Å². The van der Waals surface area contributed by atoms with Crippen LogP contribution >= 0.6 is 0 Å². The summed E-state index contributed by atoms with van der Waals surface area (Å²) in [6, 6.07) is 11.7. The first-order chi connectivity index (χ1) is 12.5. The van der Waals surface area contributed by atoms with Crippen LogP contribution in [0.5, 0.6) is 0 Å². The first-order valence-electron chi connectivity index (χ1n) is 8.12. The van der Waals surface area contributed by atoms with Gasteiger partial charge >= 0.3 is 0 Å². The lowest BCUT2D eigenvalue weighted by molar-refractivity contribution is -0.384. The van der Waals surface area contributed by atoms with Crippen LogP contribution in [0.15, 0.2) is 48.5 Å². The minimum absolute atomic E-state index is 0.143. The van der Waals surface area contributed by atoms with E-state index in [1.165, 1.54) is 36.4 Å². The Morgan fingerprint density at radius 1 is 1.11 bits per heavy atom. The molecule has 0 aliphatic heterocycles. The van der Waals surface area contributed by atoms with Crippen molar-refractivity contribution in [2.24, 2.45) is 0 Å². The minimum Gasteiger partial charge on any atom is -0.347 e. The lowest BCUT2D eigenvalue weighted by atomic mass is 10.1. The Bertz CT molecular complexity index is 965. The SMILES string of the molecule is CC(C)(C)NC(=O)c1ccccc1NS(=O)(=O)Cc1cccc([N+](=O)[O-])c1. The first-order valence-corrected chi connectivity index (χ1v) is 9.77. The molecular weight excluding hydrogens is 370 g/mol. The van der Waals surface area contributed by atoms with Crippen LogP contribution in [0.3, 0.4) is 0 Å². The van der Waals surface area contributed by atoms with Crippen molar-refractivity contribution in [1.29, 1.82) is 0 Å². The second kappa shape index (κ2) is 7.75. The summed E-state index contributed by atoms with van der Waals surface area (Å²) in [5.74, 6) is -0.861. The predicted octanol–water partition coefficient (Wildman–Crippen LogP) is 3.07. The zero-order valence-electron chi connectivity index (χ0n) is 15.2. The van der Waals surface area contributed by atoms with Gasteiger partial charge in [-0.1, -0.05) is 24.3 Å². The molecule has 0 unspecified atom stereocenters. The van der Waals surface area contributed by atoms with Crippen LogP contribution in [0.25, 0.3) is 0 Å². The Labute approximate surface area is 157 Å². The third-order valence-electron chi connectivity index (χ3n) is 3.40. The quantitative estimate of drug-likeness (QED) is 0.579. The number of hydrogen-bond acceptors (Lipinski definition) is 5. The number of nitrogens with one attached hydrogen (secondary N) is 2.